The van der Waals surface area contributed by atoms with E-state index in [1.807, 2.05) is 6.07 Å². The molecule has 1 aromatic rings. The van der Waals surface area contributed by atoms with Crippen LogP contribution in [0.1, 0.15) is 18.4 Å². The molecule has 3 rings (SSSR count). The molecule has 86 valence electrons. The van der Waals surface area contributed by atoms with Crippen LogP contribution in [0.15, 0.2) is 30.3 Å². The summed E-state index contributed by atoms with van der Waals surface area (Å²) in [4.78, 5) is 0. The Kier molecular flexibility index (Phi) is 2.70. The summed E-state index contributed by atoms with van der Waals surface area (Å²) in [5.41, 5.74) is 1.35. The second-order valence-corrected chi connectivity index (χ2v) is 5.20. The molecule has 2 nitrogen and oxygen atoms in total. The Morgan fingerprint density at radius 3 is 2.81 bits per heavy atom. The van der Waals surface area contributed by atoms with Crippen molar-refractivity contribution in [1.29, 1.82) is 0 Å². The lowest BCUT2D eigenvalue weighted by Crippen LogP contribution is -2.36. The van der Waals surface area contributed by atoms with Crippen LogP contribution in [0.2, 0.25) is 0 Å². The van der Waals surface area contributed by atoms with Gasteiger partial charge in [0.15, 0.2) is 0 Å². The third kappa shape index (κ3) is 1.76. The lowest BCUT2D eigenvalue weighted by Gasteiger charge is -2.18. The quantitative estimate of drug-likeness (QED) is 0.788. The highest BCUT2D eigenvalue weighted by Crippen LogP contribution is 2.38. The molecule has 0 amide bonds. The van der Waals surface area contributed by atoms with Crippen LogP contribution in [0.25, 0.3) is 0 Å². The number of hydrogen-bond acceptors (Lipinski definition) is 2. The molecular weight excluding hydrogens is 198 g/mol. The van der Waals surface area contributed by atoms with Gasteiger partial charge in [-0.25, -0.2) is 0 Å². The van der Waals surface area contributed by atoms with Gasteiger partial charge in [-0.1, -0.05) is 30.3 Å². The van der Waals surface area contributed by atoms with Gasteiger partial charge in [0.1, 0.15) is 0 Å². The van der Waals surface area contributed by atoms with Crippen LogP contribution in [0.4, 0.5) is 0 Å². The van der Waals surface area contributed by atoms with Gasteiger partial charge in [-0.05, 0) is 43.2 Å². The van der Waals surface area contributed by atoms with Gasteiger partial charge < -0.3 is 10.4 Å². The summed E-state index contributed by atoms with van der Waals surface area (Å²) >= 11 is 0. The fourth-order valence-electron chi connectivity index (χ4n) is 3.39. The Morgan fingerprint density at radius 2 is 2.06 bits per heavy atom. The molecule has 4 atom stereocenters. The molecule has 2 aliphatic rings. The van der Waals surface area contributed by atoms with E-state index < -0.39 is 0 Å². The molecule has 1 aliphatic heterocycles. The SMILES string of the molecule is OC1C(Cc2ccccc2)CC2CCNC21. The Morgan fingerprint density at radius 1 is 1.25 bits per heavy atom. The maximum Gasteiger partial charge on any atom is 0.0727 e. The first-order valence-corrected chi connectivity index (χ1v) is 6.30. The van der Waals surface area contributed by atoms with Gasteiger partial charge >= 0.3 is 0 Å². The van der Waals surface area contributed by atoms with Crippen LogP contribution in [-0.4, -0.2) is 23.8 Å². The zero-order valence-corrected chi connectivity index (χ0v) is 9.47. The van der Waals surface area contributed by atoms with E-state index in [4.69, 9.17) is 0 Å². The Labute approximate surface area is 96.7 Å². The van der Waals surface area contributed by atoms with Crippen LogP contribution in [0, 0.1) is 11.8 Å². The van der Waals surface area contributed by atoms with Crippen molar-refractivity contribution in [2.24, 2.45) is 11.8 Å². The van der Waals surface area contributed by atoms with Crippen molar-refractivity contribution in [1.82, 2.24) is 5.32 Å². The molecule has 4 unspecified atom stereocenters. The first kappa shape index (κ1) is 10.3. The molecule has 16 heavy (non-hydrogen) atoms. The van der Waals surface area contributed by atoms with Crippen molar-refractivity contribution < 1.29 is 5.11 Å². The van der Waals surface area contributed by atoms with Gasteiger partial charge in [-0.3, -0.25) is 0 Å². The number of hydrogen-bond donors (Lipinski definition) is 2. The van der Waals surface area contributed by atoms with Crippen molar-refractivity contribution in [2.75, 3.05) is 6.54 Å². The summed E-state index contributed by atoms with van der Waals surface area (Å²) < 4.78 is 0. The van der Waals surface area contributed by atoms with Crippen LogP contribution in [-0.2, 0) is 6.42 Å². The molecule has 1 aliphatic carbocycles. The van der Waals surface area contributed by atoms with Gasteiger partial charge in [-0.15, -0.1) is 0 Å². The Bertz CT molecular complexity index is 351. The molecular formula is C14H19NO. The van der Waals surface area contributed by atoms with E-state index >= 15 is 0 Å². The van der Waals surface area contributed by atoms with Crippen molar-refractivity contribution in [3.05, 3.63) is 35.9 Å². The van der Waals surface area contributed by atoms with Crippen molar-refractivity contribution in [2.45, 2.75) is 31.4 Å². The average Bonchev–Trinajstić information content (AvgIpc) is 2.86. The maximum absolute atomic E-state index is 10.3. The van der Waals surface area contributed by atoms with E-state index in [0.29, 0.717) is 17.9 Å². The van der Waals surface area contributed by atoms with E-state index in [9.17, 15) is 5.11 Å². The Hall–Kier alpha value is -0.860. The van der Waals surface area contributed by atoms with Crippen LogP contribution in [0.5, 0.6) is 0 Å². The van der Waals surface area contributed by atoms with Crippen molar-refractivity contribution in [3.63, 3.8) is 0 Å². The summed E-state index contributed by atoms with van der Waals surface area (Å²) in [6.45, 7) is 1.09. The number of benzene rings is 1. The topological polar surface area (TPSA) is 32.3 Å². The molecule has 2 N–H and O–H groups in total. The minimum absolute atomic E-state index is 0.146. The molecule has 1 aromatic carbocycles. The van der Waals surface area contributed by atoms with Gasteiger partial charge in [0.25, 0.3) is 0 Å². The maximum atomic E-state index is 10.3. The van der Waals surface area contributed by atoms with Crippen molar-refractivity contribution in [3.8, 4) is 0 Å². The van der Waals surface area contributed by atoms with Crippen LogP contribution in [0.3, 0.4) is 0 Å². The normalized spacial score (nSPS) is 37.6. The molecule has 0 bridgehead atoms. The zero-order chi connectivity index (χ0) is 11.0. The molecule has 2 fully saturated rings. The molecule has 1 saturated heterocycles. The largest absolute Gasteiger partial charge is 0.391 e. The smallest absolute Gasteiger partial charge is 0.0727 e. The van der Waals surface area contributed by atoms with Crippen LogP contribution >= 0.6 is 0 Å². The monoisotopic (exact) mass is 217 g/mol. The molecule has 0 radical (unpaired) electrons. The summed E-state index contributed by atoms with van der Waals surface area (Å²) in [5.74, 6) is 1.16. The highest BCUT2D eigenvalue weighted by Gasteiger charge is 2.44. The third-order valence-electron chi connectivity index (χ3n) is 4.20. The lowest BCUT2D eigenvalue weighted by molar-refractivity contribution is 0.108. The van der Waals surface area contributed by atoms with Crippen LogP contribution < -0.4 is 5.32 Å². The van der Waals surface area contributed by atoms with Gasteiger partial charge in [-0.2, -0.15) is 0 Å². The zero-order valence-electron chi connectivity index (χ0n) is 9.47. The summed E-state index contributed by atoms with van der Waals surface area (Å²) in [6, 6.07) is 10.9. The number of fused-ring (bicyclic) bond motifs is 1. The fourth-order valence-corrected chi connectivity index (χ4v) is 3.39. The first-order chi connectivity index (χ1) is 7.84. The Balaban J connectivity index is 1.69. The highest BCUT2D eigenvalue weighted by molar-refractivity contribution is 5.16. The molecule has 0 spiro atoms. The fraction of sp³-hybridized carbons (Fsp3) is 0.571. The summed E-state index contributed by atoms with van der Waals surface area (Å²) in [7, 11) is 0. The predicted molar refractivity (Wildman–Crippen MR) is 64.2 cm³/mol. The van der Waals surface area contributed by atoms with E-state index in [1.54, 1.807) is 0 Å². The van der Waals surface area contributed by atoms with Gasteiger partial charge in [0, 0.05) is 6.04 Å². The number of aliphatic hydroxyl groups is 1. The van der Waals surface area contributed by atoms with E-state index in [-0.39, 0.29) is 6.10 Å². The molecule has 1 heterocycles. The first-order valence-electron chi connectivity index (χ1n) is 6.30. The number of nitrogens with one attached hydrogen (secondary N) is 1. The van der Waals surface area contributed by atoms with Gasteiger partial charge in [0.05, 0.1) is 6.10 Å². The number of aliphatic hydroxyl groups excluding tert-OH is 1. The second-order valence-electron chi connectivity index (χ2n) is 5.20. The van der Waals surface area contributed by atoms with Gasteiger partial charge in [0.2, 0.25) is 0 Å². The highest BCUT2D eigenvalue weighted by atomic mass is 16.3. The van der Waals surface area contributed by atoms with Crippen molar-refractivity contribution >= 4 is 0 Å². The van der Waals surface area contributed by atoms with E-state index in [0.717, 1.165) is 13.0 Å². The number of rotatable bonds is 2. The summed E-state index contributed by atoms with van der Waals surface area (Å²) in [6.07, 6.45) is 3.31. The molecule has 2 heteroatoms. The standard InChI is InChI=1S/C14H19NO/c16-14-12(8-10-4-2-1-3-5-10)9-11-6-7-15-13(11)14/h1-5,11-16H,6-9H2. The average molecular weight is 217 g/mol. The summed E-state index contributed by atoms with van der Waals surface area (Å²) in [5, 5.41) is 13.7. The minimum atomic E-state index is -0.146. The lowest BCUT2D eigenvalue weighted by atomic mass is 9.95. The second kappa shape index (κ2) is 4.19. The van der Waals surface area contributed by atoms with E-state index in [2.05, 4.69) is 29.6 Å². The molecule has 1 saturated carbocycles. The minimum Gasteiger partial charge on any atom is -0.391 e. The molecule has 0 aromatic heterocycles. The predicted octanol–water partition coefficient (Wildman–Crippen LogP) is 1.59. The van der Waals surface area contributed by atoms with E-state index in [1.165, 1.54) is 18.4 Å². The third-order valence-corrected chi connectivity index (χ3v) is 4.20.